The topological polar surface area (TPSA) is 57.5 Å². The third kappa shape index (κ3) is 6.36. The highest BCUT2D eigenvalue weighted by Crippen LogP contribution is 2.19. The highest BCUT2D eigenvalue weighted by Gasteiger charge is 2.20. The van der Waals surface area contributed by atoms with Crippen LogP contribution >= 0.6 is 11.3 Å². The predicted molar refractivity (Wildman–Crippen MR) is 113 cm³/mol. The molecular formula is C20H32N6S. The molecular weight excluding hydrogens is 356 g/mol. The normalized spacial score (nSPS) is 16.6. The second-order valence-corrected chi connectivity index (χ2v) is 8.05. The molecule has 0 bridgehead atoms. The van der Waals surface area contributed by atoms with Gasteiger partial charge in [0.05, 0.1) is 10.7 Å². The Bertz CT molecular complexity index is 685. The second-order valence-electron chi connectivity index (χ2n) is 7.11. The molecule has 3 heterocycles. The van der Waals surface area contributed by atoms with Crippen molar-refractivity contribution in [2.75, 3.05) is 33.2 Å². The molecule has 148 valence electrons. The minimum absolute atomic E-state index is 0.714. The van der Waals surface area contributed by atoms with E-state index in [-0.39, 0.29) is 0 Å². The van der Waals surface area contributed by atoms with Gasteiger partial charge in [-0.05, 0) is 50.4 Å². The van der Waals surface area contributed by atoms with E-state index in [1.54, 1.807) is 11.3 Å². The number of rotatable bonds is 8. The molecule has 1 fully saturated rings. The third-order valence-corrected chi connectivity index (χ3v) is 6.15. The molecule has 0 atom stereocenters. The van der Waals surface area contributed by atoms with Gasteiger partial charge in [-0.15, -0.1) is 11.3 Å². The Hall–Kier alpha value is -1.86. The van der Waals surface area contributed by atoms with Gasteiger partial charge in [-0.1, -0.05) is 6.92 Å². The van der Waals surface area contributed by atoms with E-state index >= 15 is 0 Å². The van der Waals surface area contributed by atoms with E-state index < -0.39 is 0 Å². The van der Waals surface area contributed by atoms with Crippen molar-refractivity contribution in [2.45, 2.75) is 39.3 Å². The monoisotopic (exact) mass is 388 g/mol. The summed E-state index contributed by atoms with van der Waals surface area (Å²) in [4.78, 5) is 11.6. The van der Waals surface area contributed by atoms with E-state index in [1.807, 2.05) is 7.05 Å². The van der Waals surface area contributed by atoms with Gasteiger partial charge in [0.25, 0.3) is 0 Å². The largest absolute Gasteiger partial charge is 0.356 e. The quantitative estimate of drug-likeness (QED) is 0.539. The minimum atomic E-state index is 0.714. The van der Waals surface area contributed by atoms with Gasteiger partial charge in [0, 0.05) is 51.0 Å². The molecule has 1 saturated heterocycles. The summed E-state index contributed by atoms with van der Waals surface area (Å²) in [5.74, 6) is 1.62. The number of guanidine groups is 1. The molecule has 0 radical (unpaired) electrons. The molecule has 1 aliphatic heterocycles. The van der Waals surface area contributed by atoms with Crippen molar-refractivity contribution < 1.29 is 0 Å². The first-order valence-corrected chi connectivity index (χ1v) is 10.9. The van der Waals surface area contributed by atoms with Crippen LogP contribution in [0.25, 0.3) is 0 Å². The molecule has 2 N–H and O–H groups in total. The lowest BCUT2D eigenvalue weighted by Gasteiger charge is -2.31. The van der Waals surface area contributed by atoms with Gasteiger partial charge in [-0.25, -0.2) is 4.98 Å². The Morgan fingerprint density at radius 3 is 2.70 bits per heavy atom. The first-order valence-electron chi connectivity index (χ1n) is 9.97. The van der Waals surface area contributed by atoms with Crippen LogP contribution in [0.15, 0.2) is 34.9 Å². The number of hydrogen-bond acceptors (Lipinski definition) is 4. The van der Waals surface area contributed by atoms with Crippen LogP contribution in [0, 0.1) is 5.92 Å². The molecule has 2 aromatic heterocycles. The van der Waals surface area contributed by atoms with Crippen LogP contribution in [0.5, 0.6) is 0 Å². The molecule has 0 saturated carbocycles. The maximum Gasteiger partial charge on any atom is 0.191 e. The minimum Gasteiger partial charge on any atom is -0.356 e. The Labute approximate surface area is 166 Å². The van der Waals surface area contributed by atoms with Crippen molar-refractivity contribution in [3.63, 3.8) is 0 Å². The fraction of sp³-hybridized carbons (Fsp3) is 0.600. The maximum absolute atomic E-state index is 4.70. The highest BCUT2D eigenvalue weighted by molar-refractivity contribution is 7.09. The molecule has 0 amide bonds. The van der Waals surface area contributed by atoms with Crippen LogP contribution in [-0.2, 0) is 19.5 Å². The Kier molecular flexibility index (Phi) is 7.71. The lowest BCUT2D eigenvalue weighted by atomic mass is 9.97. The first-order chi connectivity index (χ1) is 13.3. The number of likely N-dealkylation sites (tertiary alicyclic amines) is 1. The van der Waals surface area contributed by atoms with Gasteiger partial charge in [-0.2, -0.15) is 0 Å². The van der Waals surface area contributed by atoms with Crippen LogP contribution in [0.2, 0.25) is 0 Å². The van der Waals surface area contributed by atoms with Crippen LogP contribution in [0.1, 0.15) is 30.5 Å². The van der Waals surface area contributed by atoms with Crippen molar-refractivity contribution in [1.29, 1.82) is 0 Å². The summed E-state index contributed by atoms with van der Waals surface area (Å²) >= 11 is 1.79. The molecule has 0 aliphatic carbocycles. The van der Waals surface area contributed by atoms with Crippen LogP contribution in [0.3, 0.4) is 0 Å². The molecule has 27 heavy (non-hydrogen) atoms. The van der Waals surface area contributed by atoms with Gasteiger partial charge < -0.3 is 15.2 Å². The number of nitrogens with zero attached hydrogens (tertiary/aromatic N) is 4. The molecule has 1 aliphatic rings. The number of hydrogen-bond donors (Lipinski definition) is 2. The van der Waals surface area contributed by atoms with E-state index in [1.165, 1.54) is 23.5 Å². The Morgan fingerprint density at radius 1 is 1.26 bits per heavy atom. The van der Waals surface area contributed by atoms with Gasteiger partial charge in [0.15, 0.2) is 5.96 Å². The number of aryl methyl sites for hydroxylation is 1. The zero-order valence-corrected chi connectivity index (χ0v) is 17.3. The van der Waals surface area contributed by atoms with Gasteiger partial charge in [-0.3, -0.25) is 9.89 Å². The van der Waals surface area contributed by atoms with Gasteiger partial charge in [0.1, 0.15) is 0 Å². The SMILES string of the molecule is CCc1nc(CN2CCC(CNC(=NC)NCCn3cccc3)CC2)cs1. The molecule has 6 nitrogen and oxygen atoms in total. The zero-order chi connectivity index (χ0) is 18.9. The maximum atomic E-state index is 4.70. The average Bonchev–Trinajstić information content (AvgIpc) is 3.37. The van der Waals surface area contributed by atoms with E-state index in [0.29, 0.717) is 5.92 Å². The average molecular weight is 389 g/mol. The molecule has 2 aromatic rings. The summed E-state index contributed by atoms with van der Waals surface area (Å²) in [7, 11) is 1.84. The van der Waals surface area contributed by atoms with E-state index in [4.69, 9.17) is 4.98 Å². The summed E-state index contributed by atoms with van der Waals surface area (Å²) in [5.41, 5.74) is 1.24. The molecule has 0 unspecified atom stereocenters. The fourth-order valence-electron chi connectivity index (χ4n) is 3.45. The fourth-order valence-corrected chi connectivity index (χ4v) is 4.18. The van der Waals surface area contributed by atoms with Crippen LogP contribution in [-0.4, -0.2) is 53.6 Å². The van der Waals surface area contributed by atoms with Crippen molar-refractivity contribution in [1.82, 2.24) is 25.1 Å². The van der Waals surface area contributed by atoms with Crippen molar-refractivity contribution in [3.8, 4) is 0 Å². The summed E-state index contributed by atoms with van der Waals surface area (Å²) < 4.78 is 2.17. The van der Waals surface area contributed by atoms with E-state index in [0.717, 1.165) is 51.6 Å². The number of nitrogens with one attached hydrogen (secondary N) is 2. The summed E-state index contributed by atoms with van der Waals surface area (Å²) in [6, 6.07) is 4.10. The lowest BCUT2D eigenvalue weighted by molar-refractivity contribution is 0.176. The summed E-state index contributed by atoms with van der Waals surface area (Å²) in [6.45, 7) is 8.30. The highest BCUT2D eigenvalue weighted by atomic mass is 32.1. The summed E-state index contributed by atoms with van der Waals surface area (Å²) in [6.07, 6.45) is 7.68. The van der Waals surface area contributed by atoms with E-state index in [2.05, 4.69) is 61.9 Å². The second kappa shape index (κ2) is 10.5. The first kappa shape index (κ1) is 19.9. The van der Waals surface area contributed by atoms with E-state index in [9.17, 15) is 0 Å². The Morgan fingerprint density at radius 2 is 2.04 bits per heavy atom. The number of thiazole rings is 1. The standard InChI is InChI=1S/C20H32N6S/c1-3-19-24-18(16-27-19)15-26-11-6-17(7-12-26)14-23-20(21-2)22-8-13-25-9-4-5-10-25/h4-5,9-10,16-17H,3,6-8,11-15H2,1-2H3,(H2,21,22,23). The molecule has 3 rings (SSSR count). The molecule has 0 aromatic carbocycles. The number of aliphatic imine (C=N–C) groups is 1. The number of aromatic nitrogens is 2. The van der Waals surface area contributed by atoms with Crippen molar-refractivity contribution >= 4 is 17.3 Å². The van der Waals surface area contributed by atoms with Crippen molar-refractivity contribution in [3.05, 3.63) is 40.6 Å². The lowest BCUT2D eigenvalue weighted by Crippen LogP contribution is -2.43. The zero-order valence-electron chi connectivity index (χ0n) is 16.5. The summed E-state index contributed by atoms with van der Waals surface area (Å²) in [5, 5.41) is 10.4. The van der Waals surface area contributed by atoms with Crippen molar-refractivity contribution in [2.24, 2.45) is 10.9 Å². The van der Waals surface area contributed by atoms with Crippen LogP contribution in [0.4, 0.5) is 0 Å². The smallest absolute Gasteiger partial charge is 0.191 e. The molecule has 0 spiro atoms. The molecule has 7 heteroatoms. The third-order valence-electron chi connectivity index (χ3n) is 5.10. The number of piperidine rings is 1. The Balaban J connectivity index is 1.32. The van der Waals surface area contributed by atoms with Gasteiger partial charge in [0.2, 0.25) is 0 Å². The predicted octanol–water partition coefficient (Wildman–Crippen LogP) is 2.58. The van der Waals surface area contributed by atoms with Crippen LogP contribution < -0.4 is 10.6 Å². The van der Waals surface area contributed by atoms with Gasteiger partial charge >= 0.3 is 0 Å².